The van der Waals surface area contributed by atoms with Gasteiger partial charge in [-0.2, -0.15) is 13.2 Å². The summed E-state index contributed by atoms with van der Waals surface area (Å²) in [4.78, 5) is 33.1. The second kappa shape index (κ2) is 11.2. The summed E-state index contributed by atoms with van der Waals surface area (Å²) in [6.45, 7) is 7.56. The van der Waals surface area contributed by atoms with E-state index in [1.165, 1.54) is 6.07 Å². The Morgan fingerprint density at radius 1 is 0.923 bits per heavy atom. The Hall–Kier alpha value is -3.14. The minimum atomic E-state index is -4.41. The van der Waals surface area contributed by atoms with Crippen molar-refractivity contribution in [3.05, 3.63) is 65.0 Å². The number of alkyl halides is 3. The number of rotatable bonds is 4. The van der Waals surface area contributed by atoms with Crippen molar-refractivity contribution in [2.45, 2.75) is 69.8 Å². The zero-order valence-electron chi connectivity index (χ0n) is 22.9. The number of hydrogen-bond acceptors (Lipinski definition) is 5. The molecule has 0 atom stereocenters. The molecule has 2 aliphatic heterocycles. The third kappa shape index (κ3) is 6.72. The predicted octanol–water partition coefficient (Wildman–Crippen LogP) is 5.99. The van der Waals surface area contributed by atoms with E-state index >= 15 is 0 Å². The van der Waals surface area contributed by atoms with E-state index in [0.29, 0.717) is 63.1 Å². The van der Waals surface area contributed by atoms with E-state index in [-0.39, 0.29) is 17.9 Å². The van der Waals surface area contributed by atoms with Gasteiger partial charge in [-0.3, -0.25) is 9.78 Å². The molecule has 0 N–H and O–H groups in total. The highest BCUT2D eigenvalue weighted by atomic mass is 19.4. The van der Waals surface area contributed by atoms with Gasteiger partial charge in [-0.1, -0.05) is 12.1 Å². The molecular weight excluding hydrogens is 511 g/mol. The highest BCUT2D eigenvalue weighted by molar-refractivity contribution is 5.94. The molecule has 2 aromatic rings. The fraction of sp³-hybridized carbons (Fsp3) is 0.552. The van der Waals surface area contributed by atoms with Crippen molar-refractivity contribution in [1.82, 2.24) is 14.8 Å². The Balaban J connectivity index is 1.34. The first-order valence-corrected chi connectivity index (χ1v) is 13.3. The fourth-order valence-corrected chi connectivity index (χ4v) is 5.28. The molecule has 0 aliphatic carbocycles. The summed E-state index contributed by atoms with van der Waals surface area (Å²) in [7, 11) is 1.66. The Bertz CT molecular complexity index is 1140. The second-order valence-electron chi connectivity index (χ2n) is 11.3. The second-order valence-corrected chi connectivity index (χ2v) is 11.3. The average Bonchev–Trinajstić information content (AvgIpc) is 2.91. The van der Waals surface area contributed by atoms with Crippen molar-refractivity contribution in [1.29, 1.82) is 0 Å². The van der Waals surface area contributed by atoms with E-state index in [1.807, 2.05) is 45.0 Å². The van der Waals surface area contributed by atoms with Crippen LogP contribution in [-0.4, -0.2) is 65.7 Å². The Labute approximate surface area is 227 Å². The van der Waals surface area contributed by atoms with Crippen LogP contribution in [0, 0.1) is 0 Å². The van der Waals surface area contributed by atoms with Crippen LogP contribution in [0.3, 0.4) is 0 Å². The van der Waals surface area contributed by atoms with Gasteiger partial charge in [0.15, 0.2) is 0 Å². The maximum Gasteiger partial charge on any atom is 0.417 e. The summed E-state index contributed by atoms with van der Waals surface area (Å²) in [6.07, 6.45) is -1.35. The molecule has 7 nitrogen and oxygen atoms in total. The first kappa shape index (κ1) is 28.9. The van der Waals surface area contributed by atoms with Crippen molar-refractivity contribution >= 4 is 12.0 Å². The number of amides is 2. The first-order valence-electron chi connectivity index (χ1n) is 13.3. The van der Waals surface area contributed by atoms with Gasteiger partial charge in [0.2, 0.25) is 0 Å². The molecule has 2 saturated heterocycles. The normalized spacial score (nSPS) is 18.6. The van der Waals surface area contributed by atoms with Gasteiger partial charge in [0.1, 0.15) is 5.60 Å². The van der Waals surface area contributed by atoms with Gasteiger partial charge in [0, 0.05) is 56.7 Å². The molecule has 0 spiro atoms. The zero-order chi connectivity index (χ0) is 28.4. The maximum absolute atomic E-state index is 13.2. The van der Waals surface area contributed by atoms with Gasteiger partial charge in [0.25, 0.3) is 5.91 Å². The van der Waals surface area contributed by atoms with Crippen LogP contribution < -0.4 is 0 Å². The largest absolute Gasteiger partial charge is 0.444 e. The van der Waals surface area contributed by atoms with Gasteiger partial charge in [-0.15, -0.1) is 0 Å². The molecule has 39 heavy (non-hydrogen) atoms. The van der Waals surface area contributed by atoms with E-state index in [2.05, 4.69) is 4.98 Å². The number of likely N-dealkylation sites (tertiary alicyclic amines) is 2. The third-order valence-electron chi connectivity index (χ3n) is 7.59. The van der Waals surface area contributed by atoms with E-state index < -0.39 is 22.9 Å². The van der Waals surface area contributed by atoms with Crippen molar-refractivity contribution in [3.63, 3.8) is 0 Å². The zero-order valence-corrected chi connectivity index (χ0v) is 22.9. The summed E-state index contributed by atoms with van der Waals surface area (Å²) in [5.74, 6) is -0.0570. The monoisotopic (exact) mass is 547 g/mol. The Morgan fingerprint density at radius 3 is 2.03 bits per heavy atom. The highest BCUT2D eigenvalue weighted by Gasteiger charge is 2.39. The lowest BCUT2D eigenvalue weighted by Crippen LogP contribution is -2.47. The summed E-state index contributed by atoms with van der Waals surface area (Å²) >= 11 is 0. The summed E-state index contributed by atoms with van der Waals surface area (Å²) in [5, 5.41) is 0. The molecule has 0 radical (unpaired) electrons. The van der Waals surface area contributed by atoms with Crippen LogP contribution >= 0.6 is 0 Å². The number of benzene rings is 1. The highest BCUT2D eigenvalue weighted by Crippen LogP contribution is 2.37. The molecule has 0 unspecified atom stereocenters. The molecular formula is C29H36F3N3O4. The number of methoxy groups -OCH3 is 1. The SMILES string of the molecule is COC1(c2ccc(C(=O)N3CCC(c4ccc(C(F)(F)F)cn4)CC3)cc2)CCN(C(=O)OC(C)(C)C)CC1. The number of aromatic nitrogens is 1. The van der Waals surface area contributed by atoms with Gasteiger partial charge in [-0.25, -0.2) is 4.79 Å². The lowest BCUT2D eigenvalue weighted by molar-refractivity contribution is -0.137. The number of pyridine rings is 1. The lowest BCUT2D eigenvalue weighted by Gasteiger charge is -2.41. The Kier molecular flexibility index (Phi) is 8.25. The predicted molar refractivity (Wildman–Crippen MR) is 139 cm³/mol. The van der Waals surface area contributed by atoms with Gasteiger partial charge in [-0.05, 0) is 76.3 Å². The van der Waals surface area contributed by atoms with Crippen molar-refractivity contribution in [3.8, 4) is 0 Å². The number of carbonyl (C=O) groups excluding carboxylic acids is 2. The quantitative estimate of drug-likeness (QED) is 0.470. The van der Waals surface area contributed by atoms with Gasteiger partial charge in [0.05, 0.1) is 11.2 Å². The Morgan fingerprint density at radius 2 is 1.54 bits per heavy atom. The van der Waals surface area contributed by atoms with Gasteiger partial charge >= 0.3 is 12.3 Å². The molecule has 0 saturated carbocycles. The number of piperidine rings is 2. The van der Waals surface area contributed by atoms with Crippen molar-refractivity contribution in [2.24, 2.45) is 0 Å². The summed E-state index contributed by atoms with van der Waals surface area (Å²) in [5.41, 5.74) is 0.296. The van der Waals surface area contributed by atoms with E-state index in [4.69, 9.17) is 9.47 Å². The molecule has 0 bridgehead atoms. The topological polar surface area (TPSA) is 72.0 Å². The minimum Gasteiger partial charge on any atom is -0.444 e. The van der Waals surface area contributed by atoms with Crippen LogP contribution in [0.5, 0.6) is 0 Å². The lowest BCUT2D eigenvalue weighted by atomic mass is 9.83. The average molecular weight is 548 g/mol. The van der Waals surface area contributed by atoms with Crippen LogP contribution in [0.15, 0.2) is 42.6 Å². The summed E-state index contributed by atoms with van der Waals surface area (Å²) < 4.78 is 49.9. The minimum absolute atomic E-state index is 0.0202. The molecule has 4 rings (SSSR count). The fourth-order valence-electron chi connectivity index (χ4n) is 5.28. The van der Waals surface area contributed by atoms with Gasteiger partial charge < -0.3 is 19.3 Å². The molecule has 10 heteroatoms. The first-order chi connectivity index (χ1) is 18.3. The van der Waals surface area contributed by atoms with E-state index in [0.717, 1.165) is 17.8 Å². The van der Waals surface area contributed by atoms with E-state index in [1.54, 1.807) is 16.9 Å². The number of halogens is 3. The van der Waals surface area contributed by atoms with Crippen LogP contribution in [0.2, 0.25) is 0 Å². The maximum atomic E-state index is 13.2. The molecule has 3 heterocycles. The molecule has 2 fully saturated rings. The van der Waals surface area contributed by atoms with Crippen LogP contribution in [0.25, 0.3) is 0 Å². The molecule has 212 valence electrons. The van der Waals surface area contributed by atoms with Crippen molar-refractivity contribution < 1.29 is 32.2 Å². The van der Waals surface area contributed by atoms with Crippen LogP contribution in [-0.2, 0) is 21.3 Å². The third-order valence-corrected chi connectivity index (χ3v) is 7.59. The standard InChI is InChI=1S/C29H36F3N3O4/c1-27(2,3)39-26(37)35-17-13-28(38-4,14-18-35)22-7-5-21(6-8-22)25(36)34-15-11-20(12-16-34)24-10-9-23(19-33-24)29(30,31)32/h5-10,19-20H,11-18H2,1-4H3. The van der Waals surface area contributed by atoms with Crippen molar-refractivity contribution in [2.75, 3.05) is 33.3 Å². The molecule has 2 amide bonds. The smallest absolute Gasteiger partial charge is 0.417 e. The van der Waals surface area contributed by atoms with Crippen LogP contribution in [0.4, 0.5) is 18.0 Å². The number of hydrogen-bond donors (Lipinski definition) is 0. The summed E-state index contributed by atoms with van der Waals surface area (Å²) in [6, 6.07) is 9.95. The van der Waals surface area contributed by atoms with Crippen LogP contribution in [0.1, 0.15) is 79.6 Å². The van der Waals surface area contributed by atoms with E-state index in [9.17, 15) is 22.8 Å². The molecule has 2 aliphatic rings. The number of carbonyl (C=O) groups is 2. The number of ether oxygens (including phenoxy) is 2. The molecule has 1 aromatic carbocycles. The molecule has 1 aromatic heterocycles. The number of nitrogens with zero attached hydrogens (tertiary/aromatic N) is 3.